The van der Waals surface area contributed by atoms with Crippen LogP contribution in [0.5, 0.6) is 0 Å². The molecule has 2 fully saturated rings. The van der Waals surface area contributed by atoms with E-state index in [9.17, 15) is 14.7 Å². The first-order chi connectivity index (χ1) is 14.0. The number of likely N-dealkylation sites (tertiary alicyclic amines) is 1. The summed E-state index contributed by atoms with van der Waals surface area (Å²) in [5.74, 6) is -1.13. The summed E-state index contributed by atoms with van der Waals surface area (Å²) in [6.45, 7) is 3.52. The molecule has 1 aliphatic carbocycles. The van der Waals surface area contributed by atoms with Gasteiger partial charge >= 0.3 is 5.97 Å². The van der Waals surface area contributed by atoms with Crippen LogP contribution in [0.25, 0.3) is 5.69 Å². The summed E-state index contributed by atoms with van der Waals surface area (Å²) in [4.78, 5) is 27.2. The van der Waals surface area contributed by atoms with Gasteiger partial charge in [-0.1, -0.05) is 17.7 Å². The largest absolute Gasteiger partial charge is 0.481 e. The fourth-order valence-electron chi connectivity index (χ4n) is 5.11. The number of fused-ring (bicyclic) bond motifs is 2. The van der Waals surface area contributed by atoms with E-state index in [2.05, 4.69) is 0 Å². The first kappa shape index (κ1) is 18.4. The molecule has 0 radical (unpaired) electrons. The highest BCUT2D eigenvalue weighted by molar-refractivity contribution is 5.95. The molecule has 3 aliphatic rings. The first-order valence-corrected chi connectivity index (χ1v) is 10.3. The molecule has 5 rings (SSSR count). The van der Waals surface area contributed by atoms with E-state index in [1.165, 1.54) is 5.56 Å². The molecule has 2 atom stereocenters. The molecule has 2 saturated heterocycles. The summed E-state index contributed by atoms with van der Waals surface area (Å²) >= 11 is 0. The molecule has 7 heteroatoms. The Bertz CT molecular complexity index is 981. The molecule has 0 spiro atoms. The zero-order valence-electron chi connectivity index (χ0n) is 16.6. The number of carbonyl (C=O) groups excluding carboxylic acids is 1. The van der Waals surface area contributed by atoms with E-state index < -0.39 is 11.4 Å². The lowest BCUT2D eigenvalue weighted by molar-refractivity contribution is -0.157. The van der Waals surface area contributed by atoms with Gasteiger partial charge < -0.3 is 14.7 Å². The highest BCUT2D eigenvalue weighted by Gasteiger charge is 2.55. The highest BCUT2D eigenvalue weighted by atomic mass is 16.5. The second kappa shape index (κ2) is 6.69. The predicted octanol–water partition coefficient (Wildman–Crippen LogP) is 2.23. The number of aromatic nitrogens is 2. The van der Waals surface area contributed by atoms with Gasteiger partial charge in [-0.3, -0.25) is 9.59 Å². The number of rotatable bonds is 3. The minimum absolute atomic E-state index is 0.149. The summed E-state index contributed by atoms with van der Waals surface area (Å²) in [6, 6.07) is 8.13. The van der Waals surface area contributed by atoms with Crippen LogP contribution in [0, 0.1) is 18.3 Å². The van der Waals surface area contributed by atoms with Crippen molar-refractivity contribution in [3.63, 3.8) is 0 Å². The minimum Gasteiger partial charge on any atom is -0.481 e. The number of benzene rings is 1. The van der Waals surface area contributed by atoms with Crippen molar-refractivity contribution in [3.05, 3.63) is 46.8 Å². The lowest BCUT2D eigenvalue weighted by Crippen LogP contribution is -2.45. The van der Waals surface area contributed by atoms with Crippen molar-refractivity contribution in [1.82, 2.24) is 14.7 Å². The SMILES string of the molecule is Cc1ccc(-n2nc(C(=O)N3C[C@H]4COCC[C@@]4(C(=O)O)C3)c3c2CCC3)cc1. The third-order valence-corrected chi connectivity index (χ3v) is 6.83. The van der Waals surface area contributed by atoms with E-state index in [0.29, 0.717) is 31.9 Å². The lowest BCUT2D eigenvalue weighted by Gasteiger charge is -2.33. The number of carboxylic acids is 1. The van der Waals surface area contributed by atoms with Crippen molar-refractivity contribution in [3.8, 4) is 5.69 Å². The van der Waals surface area contributed by atoms with Crippen molar-refractivity contribution in [2.75, 3.05) is 26.3 Å². The Morgan fingerprint density at radius 2 is 2.03 bits per heavy atom. The molecule has 29 heavy (non-hydrogen) atoms. The number of carbonyl (C=O) groups is 2. The summed E-state index contributed by atoms with van der Waals surface area (Å²) in [7, 11) is 0. The number of aliphatic carboxylic acids is 1. The maximum Gasteiger partial charge on any atom is 0.311 e. The molecule has 3 heterocycles. The predicted molar refractivity (Wildman–Crippen MR) is 105 cm³/mol. The van der Waals surface area contributed by atoms with Gasteiger partial charge in [0.1, 0.15) is 0 Å². The second-order valence-electron chi connectivity index (χ2n) is 8.54. The van der Waals surface area contributed by atoms with Crippen LogP contribution >= 0.6 is 0 Å². The standard InChI is InChI=1S/C22H25N3O4/c1-14-5-7-16(8-6-14)25-18-4-2-3-17(18)19(23-25)20(26)24-11-15-12-29-10-9-22(15,13-24)21(27)28/h5-8,15H,2-4,9-13H2,1H3,(H,27,28)/t15-,22+/m0/s1. The van der Waals surface area contributed by atoms with Crippen molar-refractivity contribution in [1.29, 1.82) is 0 Å². The number of aryl methyl sites for hydroxylation is 1. The molecule has 2 aromatic rings. The van der Waals surface area contributed by atoms with Gasteiger partial charge in [-0.15, -0.1) is 0 Å². The van der Waals surface area contributed by atoms with Gasteiger partial charge in [0.15, 0.2) is 5.69 Å². The number of ether oxygens (including phenoxy) is 1. The lowest BCUT2D eigenvalue weighted by atomic mass is 9.74. The molecule has 2 aliphatic heterocycles. The van der Waals surface area contributed by atoms with E-state index in [0.717, 1.165) is 36.2 Å². The van der Waals surface area contributed by atoms with Crippen LogP contribution in [0.2, 0.25) is 0 Å². The Morgan fingerprint density at radius 3 is 2.76 bits per heavy atom. The van der Waals surface area contributed by atoms with Crippen molar-refractivity contribution >= 4 is 11.9 Å². The molecule has 1 amide bonds. The third-order valence-electron chi connectivity index (χ3n) is 6.83. The highest BCUT2D eigenvalue weighted by Crippen LogP contribution is 2.43. The number of amides is 1. The summed E-state index contributed by atoms with van der Waals surface area (Å²) in [5, 5.41) is 14.6. The van der Waals surface area contributed by atoms with E-state index in [4.69, 9.17) is 9.84 Å². The Labute approximate surface area is 169 Å². The topological polar surface area (TPSA) is 84.7 Å². The van der Waals surface area contributed by atoms with Gasteiger partial charge in [-0.05, 0) is 44.7 Å². The molecule has 1 aromatic heterocycles. The van der Waals surface area contributed by atoms with Gasteiger partial charge in [0.05, 0.1) is 17.7 Å². The maximum atomic E-state index is 13.4. The van der Waals surface area contributed by atoms with Crippen LogP contribution in [-0.4, -0.2) is 58.0 Å². The molecule has 0 saturated carbocycles. The van der Waals surface area contributed by atoms with Crippen LogP contribution in [0.1, 0.15) is 40.2 Å². The van der Waals surface area contributed by atoms with Crippen molar-refractivity contribution in [2.24, 2.45) is 11.3 Å². The van der Waals surface area contributed by atoms with E-state index in [-0.39, 0.29) is 18.4 Å². The van der Waals surface area contributed by atoms with E-state index in [1.807, 2.05) is 35.9 Å². The summed E-state index contributed by atoms with van der Waals surface area (Å²) in [5.41, 5.74) is 3.85. The normalized spacial score (nSPS) is 25.7. The average molecular weight is 395 g/mol. The van der Waals surface area contributed by atoms with Gasteiger partial charge in [0.25, 0.3) is 5.91 Å². The van der Waals surface area contributed by atoms with Gasteiger partial charge in [0.2, 0.25) is 0 Å². The number of nitrogens with zero attached hydrogens (tertiary/aromatic N) is 3. The first-order valence-electron chi connectivity index (χ1n) is 10.3. The monoisotopic (exact) mass is 395 g/mol. The molecule has 1 aromatic carbocycles. The summed E-state index contributed by atoms with van der Waals surface area (Å²) < 4.78 is 7.41. The molecular formula is C22H25N3O4. The van der Waals surface area contributed by atoms with Gasteiger partial charge in [-0.25, -0.2) is 4.68 Å². The minimum atomic E-state index is -0.892. The number of hydrogen-bond acceptors (Lipinski definition) is 4. The fraction of sp³-hybridized carbons (Fsp3) is 0.500. The van der Waals surface area contributed by atoms with E-state index in [1.54, 1.807) is 4.90 Å². The summed E-state index contributed by atoms with van der Waals surface area (Å²) in [6.07, 6.45) is 3.20. The second-order valence-corrected chi connectivity index (χ2v) is 8.54. The molecule has 152 valence electrons. The molecule has 0 bridgehead atoms. The van der Waals surface area contributed by atoms with Crippen LogP contribution in [0.15, 0.2) is 24.3 Å². The quantitative estimate of drug-likeness (QED) is 0.862. The Kier molecular flexibility index (Phi) is 4.24. The smallest absolute Gasteiger partial charge is 0.311 e. The maximum absolute atomic E-state index is 13.4. The Balaban J connectivity index is 1.49. The van der Waals surface area contributed by atoms with Crippen molar-refractivity contribution in [2.45, 2.75) is 32.6 Å². The molecule has 0 unspecified atom stereocenters. The zero-order chi connectivity index (χ0) is 20.2. The van der Waals surface area contributed by atoms with Crippen LogP contribution < -0.4 is 0 Å². The van der Waals surface area contributed by atoms with Gasteiger partial charge in [0, 0.05) is 36.9 Å². The molecule has 7 nitrogen and oxygen atoms in total. The van der Waals surface area contributed by atoms with Crippen LogP contribution in [0.3, 0.4) is 0 Å². The Morgan fingerprint density at radius 1 is 1.24 bits per heavy atom. The fourth-order valence-corrected chi connectivity index (χ4v) is 5.11. The van der Waals surface area contributed by atoms with Crippen molar-refractivity contribution < 1.29 is 19.4 Å². The number of carboxylic acid groups (broad SMARTS) is 1. The molecular weight excluding hydrogens is 370 g/mol. The van der Waals surface area contributed by atoms with Crippen LogP contribution in [0.4, 0.5) is 0 Å². The van der Waals surface area contributed by atoms with E-state index >= 15 is 0 Å². The average Bonchev–Trinajstić information content (AvgIpc) is 3.41. The third kappa shape index (κ3) is 2.79. The van der Waals surface area contributed by atoms with Gasteiger partial charge in [-0.2, -0.15) is 5.10 Å². The number of hydrogen-bond donors (Lipinski definition) is 1. The Hall–Kier alpha value is -2.67. The zero-order valence-corrected chi connectivity index (χ0v) is 16.6. The van der Waals surface area contributed by atoms with Crippen LogP contribution in [-0.2, 0) is 22.4 Å². The molecule has 1 N–H and O–H groups in total.